The number of rotatable bonds is 2. The summed E-state index contributed by atoms with van der Waals surface area (Å²) in [5.41, 5.74) is 0. The minimum Gasteiger partial charge on any atom is -0.0622 e. The van der Waals surface area contributed by atoms with E-state index in [1.807, 2.05) is 0 Å². The summed E-state index contributed by atoms with van der Waals surface area (Å²) >= 11 is 0. The van der Waals surface area contributed by atoms with Crippen LogP contribution in [-0.2, 0) is 0 Å². The van der Waals surface area contributed by atoms with E-state index in [4.69, 9.17) is 0 Å². The van der Waals surface area contributed by atoms with Gasteiger partial charge in [0.15, 0.2) is 0 Å². The maximum Gasteiger partial charge on any atom is -0.0226 e. The molecular weight excluding hydrogens is 254 g/mol. The third-order valence-electron chi connectivity index (χ3n) is 1.84. The molecule has 0 saturated carbocycles. The van der Waals surface area contributed by atoms with Crippen LogP contribution in [0.3, 0.4) is 0 Å². The van der Waals surface area contributed by atoms with E-state index in [1.54, 1.807) is 0 Å². The molecule has 0 nitrogen and oxygen atoms in total. The van der Waals surface area contributed by atoms with Gasteiger partial charge in [-0.2, -0.15) is 0 Å². The summed E-state index contributed by atoms with van der Waals surface area (Å²) in [7, 11) is 0.777. The van der Waals surface area contributed by atoms with E-state index in [0.717, 1.165) is 8.58 Å². The minimum atomic E-state index is 0. The Bertz CT molecular complexity index is 321. The van der Waals surface area contributed by atoms with Crippen molar-refractivity contribution in [1.82, 2.24) is 0 Å². The van der Waals surface area contributed by atoms with E-state index < -0.39 is 0 Å². The molecule has 2 aromatic rings. The molecule has 2 rings (SSSR count). The van der Waals surface area contributed by atoms with Gasteiger partial charge in [0.25, 0.3) is 0 Å². The van der Waals surface area contributed by atoms with E-state index in [9.17, 15) is 0 Å². The maximum atomic E-state index is 2.17. The summed E-state index contributed by atoms with van der Waals surface area (Å²) in [6, 6.07) is 21.2. The molecule has 2 heteroatoms. The molecule has 0 radical (unpaired) electrons. The normalized spacial score (nSPS) is 9.14. The van der Waals surface area contributed by atoms with Crippen LogP contribution >= 0.6 is 8.58 Å². The Balaban J connectivity index is 0.000000980. The Morgan fingerprint density at radius 3 is 1.29 bits per heavy atom. The zero-order valence-corrected chi connectivity index (χ0v) is 10.9. The molecular formula is C12H13PSe. The van der Waals surface area contributed by atoms with Crippen LogP contribution in [0.5, 0.6) is 0 Å². The zero-order valence-electron chi connectivity index (χ0n) is 7.77. The number of hydrogen-bond acceptors (Lipinski definition) is 0. The molecule has 0 unspecified atom stereocenters. The fourth-order valence-electron chi connectivity index (χ4n) is 1.21. The standard InChI is InChI=1S/C12H11P.H2Se/c1-3-7-11(8-4-1)13-12-9-5-2-6-10-12;/h1-10,13H;1H2. The molecule has 0 aromatic heterocycles. The van der Waals surface area contributed by atoms with Crippen molar-refractivity contribution in [2.45, 2.75) is 0 Å². The van der Waals surface area contributed by atoms with Crippen molar-refractivity contribution in [3.05, 3.63) is 60.7 Å². The van der Waals surface area contributed by atoms with Gasteiger partial charge in [-0.25, -0.2) is 0 Å². The number of hydrogen-bond donors (Lipinski definition) is 0. The Labute approximate surface area is 97.0 Å². The van der Waals surface area contributed by atoms with Gasteiger partial charge in [-0.15, -0.1) is 0 Å². The van der Waals surface area contributed by atoms with Gasteiger partial charge < -0.3 is 0 Å². The first-order valence-electron chi connectivity index (χ1n) is 4.32. The first kappa shape index (κ1) is 11.5. The van der Waals surface area contributed by atoms with E-state index in [-0.39, 0.29) is 17.1 Å². The minimum absolute atomic E-state index is 0. The van der Waals surface area contributed by atoms with E-state index in [2.05, 4.69) is 60.7 Å². The summed E-state index contributed by atoms with van der Waals surface area (Å²) in [6.07, 6.45) is 0. The van der Waals surface area contributed by atoms with Crippen LogP contribution in [0.2, 0.25) is 0 Å². The van der Waals surface area contributed by atoms with Crippen molar-refractivity contribution < 1.29 is 0 Å². The Hall–Kier alpha value is -0.611. The molecule has 0 aliphatic carbocycles. The third-order valence-corrected chi connectivity index (χ3v) is 3.08. The molecule has 72 valence electrons. The van der Waals surface area contributed by atoms with Gasteiger partial charge in [-0.3, -0.25) is 0 Å². The molecule has 0 amide bonds. The summed E-state index contributed by atoms with van der Waals surface area (Å²) in [6.45, 7) is 0. The van der Waals surface area contributed by atoms with Crippen molar-refractivity contribution in [2.24, 2.45) is 0 Å². The quantitative estimate of drug-likeness (QED) is 0.570. The van der Waals surface area contributed by atoms with Crippen molar-refractivity contribution >= 4 is 36.3 Å². The van der Waals surface area contributed by atoms with Crippen LogP contribution in [0.15, 0.2) is 60.7 Å². The topological polar surface area (TPSA) is 0 Å². The van der Waals surface area contributed by atoms with Crippen molar-refractivity contribution in [3.8, 4) is 0 Å². The molecule has 14 heavy (non-hydrogen) atoms. The predicted molar refractivity (Wildman–Crippen MR) is 69.0 cm³/mol. The molecule has 0 spiro atoms. The average molecular weight is 267 g/mol. The van der Waals surface area contributed by atoms with Crippen molar-refractivity contribution in [2.75, 3.05) is 0 Å². The van der Waals surface area contributed by atoms with Gasteiger partial charge >= 0.3 is 17.1 Å². The third kappa shape index (κ3) is 3.27. The smallest absolute Gasteiger partial charge is 0.0226 e. The van der Waals surface area contributed by atoms with Crippen LogP contribution in [0.25, 0.3) is 0 Å². The summed E-state index contributed by atoms with van der Waals surface area (Å²) in [5.74, 6) is 0. The Morgan fingerprint density at radius 1 is 0.571 bits per heavy atom. The largest absolute Gasteiger partial charge is 0.0622 e. The van der Waals surface area contributed by atoms with Gasteiger partial charge in [0.1, 0.15) is 0 Å². The van der Waals surface area contributed by atoms with Gasteiger partial charge in [0.2, 0.25) is 0 Å². The van der Waals surface area contributed by atoms with Crippen molar-refractivity contribution in [3.63, 3.8) is 0 Å². The summed E-state index contributed by atoms with van der Waals surface area (Å²) in [4.78, 5) is 0. The first-order valence-corrected chi connectivity index (χ1v) is 5.32. The van der Waals surface area contributed by atoms with E-state index in [0.29, 0.717) is 0 Å². The van der Waals surface area contributed by atoms with Gasteiger partial charge in [-0.1, -0.05) is 69.2 Å². The summed E-state index contributed by atoms with van der Waals surface area (Å²) < 4.78 is 0. The SMILES string of the molecule is [SeH2].c1ccc(Pc2ccccc2)cc1. The molecule has 0 fully saturated rings. The monoisotopic (exact) mass is 268 g/mol. The fourth-order valence-corrected chi connectivity index (χ4v) is 2.26. The molecule has 0 aliphatic heterocycles. The van der Waals surface area contributed by atoms with E-state index in [1.165, 1.54) is 10.6 Å². The van der Waals surface area contributed by atoms with Crippen LogP contribution < -0.4 is 10.6 Å². The molecule has 0 saturated heterocycles. The zero-order chi connectivity index (χ0) is 8.93. The maximum absolute atomic E-state index is 2.17. The Morgan fingerprint density at radius 2 is 0.929 bits per heavy atom. The van der Waals surface area contributed by atoms with Crippen LogP contribution in [0, 0.1) is 0 Å². The molecule has 2 aromatic carbocycles. The van der Waals surface area contributed by atoms with Crippen molar-refractivity contribution in [1.29, 1.82) is 0 Å². The van der Waals surface area contributed by atoms with Gasteiger partial charge in [0, 0.05) is 0 Å². The molecule has 0 aliphatic rings. The van der Waals surface area contributed by atoms with E-state index >= 15 is 0 Å². The first-order chi connectivity index (χ1) is 6.45. The molecule has 0 heterocycles. The molecule has 0 bridgehead atoms. The second-order valence-corrected chi connectivity index (χ2v) is 4.26. The van der Waals surface area contributed by atoms with Gasteiger partial charge in [0.05, 0.1) is 0 Å². The van der Waals surface area contributed by atoms with Crippen LogP contribution in [0.4, 0.5) is 0 Å². The predicted octanol–water partition coefficient (Wildman–Crippen LogP) is 1.40. The van der Waals surface area contributed by atoms with Crippen LogP contribution in [0.1, 0.15) is 0 Å². The number of benzene rings is 2. The second-order valence-electron chi connectivity index (χ2n) is 2.86. The van der Waals surface area contributed by atoms with Crippen LogP contribution in [-0.4, -0.2) is 17.1 Å². The van der Waals surface area contributed by atoms with Gasteiger partial charge in [-0.05, 0) is 10.6 Å². The fraction of sp³-hybridized carbons (Fsp3) is 0. The second kappa shape index (κ2) is 5.98. The average Bonchev–Trinajstić information content (AvgIpc) is 2.21. The summed E-state index contributed by atoms with van der Waals surface area (Å²) in [5, 5.41) is 2.79. The molecule has 0 N–H and O–H groups in total. The Kier molecular flexibility index (Phi) is 4.90. The molecule has 0 atom stereocenters.